The zero-order valence-electron chi connectivity index (χ0n) is 21.6. The SMILES string of the molecule is CC(=O)O[C@@H]1C2C(C=C3OC(=O)C=C3[C@@]2(C)O)[C@@]2(C)[C@@H](OC(C)=O)CCC(C)(C)[C@]2(O)[C@H]1OC(C)=O. The van der Waals surface area contributed by atoms with E-state index in [0.29, 0.717) is 12.8 Å². The summed E-state index contributed by atoms with van der Waals surface area (Å²) in [5.74, 6) is -4.34. The highest BCUT2D eigenvalue weighted by Crippen LogP contribution is 2.68. The van der Waals surface area contributed by atoms with Crippen LogP contribution in [0.3, 0.4) is 0 Å². The molecule has 36 heavy (non-hydrogen) atoms. The minimum atomic E-state index is -1.90. The quantitative estimate of drug-likeness (QED) is 0.428. The van der Waals surface area contributed by atoms with Gasteiger partial charge < -0.3 is 29.2 Å². The van der Waals surface area contributed by atoms with Gasteiger partial charge in [0.25, 0.3) is 0 Å². The van der Waals surface area contributed by atoms with Gasteiger partial charge in [-0.2, -0.15) is 0 Å². The average Bonchev–Trinajstić information content (AvgIpc) is 3.11. The van der Waals surface area contributed by atoms with Gasteiger partial charge in [0.1, 0.15) is 23.6 Å². The zero-order chi connectivity index (χ0) is 27.0. The van der Waals surface area contributed by atoms with Crippen molar-refractivity contribution in [3.8, 4) is 0 Å². The third-order valence-electron chi connectivity index (χ3n) is 8.86. The summed E-state index contributed by atoms with van der Waals surface area (Å²) >= 11 is 0. The number of esters is 4. The third kappa shape index (κ3) is 3.44. The summed E-state index contributed by atoms with van der Waals surface area (Å²) in [6.45, 7) is 10.4. The van der Waals surface area contributed by atoms with Gasteiger partial charge in [-0.15, -0.1) is 0 Å². The molecular weight excluding hydrogens is 472 g/mol. The van der Waals surface area contributed by atoms with Crippen molar-refractivity contribution in [1.29, 1.82) is 0 Å². The molecule has 0 aromatic carbocycles. The molecule has 1 aliphatic heterocycles. The molecule has 8 atom stereocenters. The van der Waals surface area contributed by atoms with Gasteiger partial charge in [0.15, 0.2) is 6.10 Å². The summed E-state index contributed by atoms with van der Waals surface area (Å²) in [6, 6.07) is 0. The van der Waals surface area contributed by atoms with Crippen LogP contribution < -0.4 is 0 Å². The fourth-order valence-electron chi connectivity index (χ4n) is 7.35. The molecule has 10 nitrogen and oxygen atoms in total. The van der Waals surface area contributed by atoms with Crippen molar-refractivity contribution < 1.29 is 48.3 Å². The fourth-order valence-corrected chi connectivity index (χ4v) is 7.35. The summed E-state index contributed by atoms with van der Waals surface area (Å²) in [5.41, 5.74) is -5.79. The topological polar surface area (TPSA) is 146 Å². The summed E-state index contributed by atoms with van der Waals surface area (Å²) in [4.78, 5) is 49.1. The van der Waals surface area contributed by atoms with E-state index >= 15 is 0 Å². The van der Waals surface area contributed by atoms with Crippen molar-refractivity contribution in [2.45, 2.75) is 90.8 Å². The van der Waals surface area contributed by atoms with Gasteiger partial charge in [0.2, 0.25) is 0 Å². The van der Waals surface area contributed by atoms with Crippen LogP contribution >= 0.6 is 0 Å². The van der Waals surface area contributed by atoms with Crippen molar-refractivity contribution in [1.82, 2.24) is 0 Å². The van der Waals surface area contributed by atoms with Crippen molar-refractivity contribution in [2.24, 2.45) is 22.7 Å². The van der Waals surface area contributed by atoms with Crippen LogP contribution in [-0.4, -0.2) is 63.6 Å². The van der Waals surface area contributed by atoms with Crippen LogP contribution in [0.1, 0.15) is 61.3 Å². The minimum Gasteiger partial charge on any atom is -0.462 e. The first-order valence-corrected chi connectivity index (χ1v) is 12.1. The van der Waals surface area contributed by atoms with Gasteiger partial charge in [-0.05, 0) is 31.3 Å². The number of carbonyl (C=O) groups excluding carboxylic acids is 4. The summed E-state index contributed by atoms with van der Waals surface area (Å²) in [7, 11) is 0. The molecular formula is C26H34O10. The van der Waals surface area contributed by atoms with Gasteiger partial charge >= 0.3 is 23.9 Å². The van der Waals surface area contributed by atoms with Crippen LogP contribution in [0, 0.1) is 22.7 Å². The molecule has 4 aliphatic rings. The Hall–Kier alpha value is -2.72. The smallest absolute Gasteiger partial charge is 0.336 e. The normalized spacial score (nSPS) is 42.5. The standard InChI is InChI=1S/C26H34O10/c1-12(27)33-18-8-9-23(4,5)26(32)22(35-14(3)29)21(34-13(2)28)20-16(24(18,26)6)10-17-15(25(20,7)31)11-19(30)36-17/h10-11,16,18,20-22,31-32H,8-9H2,1-7H3/t16?,18-,20?,21+,22-,24-,25+,26+/m0/s1. The van der Waals surface area contributed by atoms with Gasteiger partial charge in [-0.25, -0.2) is 4.79 Å². The largest absolute Gasteiger partial charge is 0.462 e. The molecule has 0 aromatic heterocycles. The highest BCUT2D eigenvalue weighted by Gasteiger charge is 2.78. The van der Waals surface area contributed by atoms with Crippen LogP contribution in [0.25, 0.3) is 0 Å². The number of aliphatic hydroxyl groups is 2. The lowest BCUT2D eigenvalue weighted by molar-refractivity contribution is -0.340. The Labute approximate surface area is 209 Å². The molecule has 0 saturated heterocycles. The molecule has 2 fully saturated rings. The maximum Gasteiger partial charge on any atom is 0.336 e. The monoisotopic (exact) mass is 506 g/mol. The molecule has 198 valence electrons. The predicted octanol–water partition coefficient (Wildman–Crippen LogP) is 1.72. The molecule has 3 aliphatic carbocycles. The van der Waals surface area contributed by atoms with E-state index in [2.05, 4.69) is 0 Å². The molecule has 0 amide bonds. The molecule has 2 unspecified atom stereocenters. The molecule has 0 aromatic rings. The molecule has 0 radical (unpaired) electrons. The minimum absolute atomic E-state index is 0.132. The van der Waals surface area contributed by atoms with E-state index in [1.807, 2.05) is 13.8 Å². The number of hydrogen-bond donors (Lipinski definition) is 2. The van der Waals surface area contributed by atoms with E-state index < -0.39 is 76.1 Å². The highest BCUT2D eigenvalue weighted by molar-refractivity contribution is 5.89. The van der Waals surface area contributed by atoms with Crippen molar-refractivity contribution in [3.63, 3.8) is 0 Å². The molecule has 2 saturated carbocycles. The first-order chi connectivity index (χ1) is 16.5. The van der Waals surface area contributed by atoms with Gasteiger partial charge in [-0.3, -0.25) is 14.4 Å². The van der Waals surface area contributed by atoms with Gasteiger partial charge in [-0.1, -0.05) is 20.8 Å². The summed E-state index contributed by atoms with van der Waals surface area (Å²) in [5, 5.41) is 24.7. The third-order valence-corrected chi connectivity index (χ3v) is 8.86. The molecule has 10 heteroatoms. The number of carbonyl (C=O) groups is 4. The van der Waals surface area contributed by atoms with Crippen LogP contribution in [0.2, 0.25) is 0 Å². The van der Waals surface area contributed by atoms with E-state index in [4.69, 9.17) is 18.9 Å². The molecule has 0 bridgehead atoms. The van der Waals surface area contributed by atoms with Gasteiger partial charge in [0, 0.05) is 49.7 Å². The van der Waals surface area contributed by atoms with Crippen LogP contribution in [0.5, 0.6) is 0 Å². The number of hydrogen-bond acceptors (Lipinski definition) is 10. The van der Waals surface area contributed by atoms with Gasteiger partial charge in [0.05, 0.1) is 5.60 Å². The number of ether oxygens (including phenoxy) is 4. The molecule has 2 N–H and O–H groups in total. The second-order valence-corrected chi connectivity index (χ2v) is 11.4. The Morgan fingerprint density at radius 2 is 1.56 bits per heavy atom. The maximum atomic E-state index is 12.8. The first-order valence-electron chi connectivity index (χ1n) is 12.1. The lowest BCUT2D eigenvalue weighted by Gasteiger charge is -2.70. The fraction of sp³-hybridized carbons (Fsp3) is 0.692. The van der Waals surface area contributed by atoms with Crippen LogP contribution in [0.4, 0.5) is 0 Å². The zero-order valence-corrected chi connectivity index (χ0v) is 21.6. The summed E-state index contributed by atoms with van der Waals surface area (Å²) in [6.07, 6.45) is 0.00733. The lowest BCUT2D eigenvalue weighted by Crippen LogP contribution is -2.81. The predicted molar refractivity (Wildman–Crippen MR) is 123 cm³/mol. The summed E-state index contributed by atoms with van der Waals surface area (Å²) < 4.78 is 22.6. The van der Waals surface area contributed by atoms with Crippen LogP contribution in [0.15, 0.2) is 23.5 Å². The van der Waals surface area contributed by atoms with E-state index in [1.54, 1.807) is 13.0 Å². The molecule has 0 spiro atoms. The lowest BCUT2D eigenvalue weighted by atomic mass is 9.39. The van der Waals surface area contributed by atoms with Crippen molar-refractivity contribution >= 4 is 23.9 Å². The number of allylic oxidation sites excluding steroid dienone is 1. The number of fused-ring (bicyclic) bond motifs is 4. The first kappa shape index (κ1) is 26.3. The Kier molecular flexibility index (Phi) is 5.96. The Bertz CT molecular complexity index is 1080. The van der Waals surface area contributed by atoms with E-state index in [0.717, 1.165) is 0 Å². The Morgan fingerprint density at radius 1 is 0.972 bits per heavy atom. The van der Waals surface area contributed by atoms with Crippen molar-refractivity contribution in [2.75, 3.05) is 0 Å². The van der Waals surface area contributed by atoms with E-state index in [-0.39, 0.29) is 11.3 Å². The maximum absolute atomic E-state index is 12.8. The molecule has 1 heterocycles. The average molecular weight is 507 g/mol. The second kappa shape index (κ2) is 8.14. The van der Waals surface area contributed by atoms with E-state index in [1.165, 1.54) is 33.8 Å². The second-order valence-electron chi connectivity index (χ2n) is 11.4. The highest BCUT2D eigenvalue weighted by atomic mass is 16.6. The van der Waals surface area contributed by atoms with Crippen LogP contribution in [-0.2, 0) is 38.1 Å². The number of rotatable bonds is 3. The Morgan fingerprint density at radius 3 is 2.11 bits per heavy atom. The van der Waals surface area contributed by atoms with E-state index in [9.17, 15) is 29.4 Å². The van der Waals surface area contributed by atoms with Crippen molar-refractivity contribution in [3.05, 3.63) is 23.5 Å². The molecule has 4 rings (SSSR count). The Balaban J connectivity index is 2.08.